The largest absolute Gasteiger partial charge is 0.399 e. The Morgan fingerprint density at radius 1 is 1.00 bits per heavy atom. The molecule has 0 heterocycles. The SMILES string of the molecule is N#CC=C(c1ccccc1)c1cccc(N)c1. The minimum absolute atomic E-state index is 0.697. The van der Waals surface area contributed by atoms with Crippen LogP contribution in [0.15, 0.2) is 60.7 Å². The lowest BCUT2D eigenvalue weighted by Gasteiger charge is -2.07. The van der Waals surface area contributed by atoms with Crippen LogP contribution in [0.4, 0.5) is 5.69 Å². The highest BCUT2D eigenvalue weighted by atomic mass is 14.5. The van der Waals surface area contributed by atoms with Crippen LogP contribution in [0.2, 0.25) is 0 Å². The molecular formula is C15H12N2. The minimum Gasteiger partial charge on any atom is -0.399 e. The van der Waals surface area contributed by atoms with Gasteiger partial charge in [0, 0.05) is 11.8 Å². The van der Waals surface area contributed by atoms with Crippen molar-refractivity contribution in [2.45, 2.75) is 0 Å². The zero-order valence-corrected chi connectivity index (χ0v) is 9.30. The maximum absolute atomic E-state index is 8.87. The average Bonchev–Trinajstić information content (AvgIpc) is 2.37. The lowest BCUT2D eigenvalue weighted by atomic mass is 9.97. The molecule has 0 bridgehead atoms. The molecule has 0 aliphatic carbocycles. The van der Waals surface area contributed by atoms with E-state index >= 15 is 0 Å². The lowest BCUT2D eigenvalue weighted by molar-refractivity contribution is 1.51. The van der Waals surface area contributed by atoms with E-state index in [4.69, 9.17) is 11.0 Å². The van der Waals surface area contributed by atoms with Gasteiger partial charge < -0.3 is 5.73 Å². The summed E-state index contributed by atoms with van der Waals surface area (Å²) >= 11 is 0. The molecule has 0 amide bonds. The van der Waals surface area contributed by atoms with Crippen molar-refractivity contribution in [1.82, 2.24) is 0 Å². The van der Waals surface area contributed by atoms with E-state index in [1.54, 1.807) is 6.08 Å². The molecule has 0 radical (unpaired) electrons. The molecule has 0 aliphatic rings. The third-order valence-electron chi connectivity index (χ3n) is 2.49. The number of nitrogens with zero attached hydrogens (tertiary/aromatic N) is 1. The number of allylic oxidation sites excluding steroid dienone is 1. The summed E-state index contributed by atoms with van der Waals surface area (Å²) in [6.07, 6.45) is 1.55. The molecule has 2 rings (SSSR count). The number of rotatable bonds is 2. The van der Waals surface area contributed by atoms with Crippen molar-refractivity contribution in [3.05, 3.63) is 71.8 Å². The van der Waals surface area contributed by atoms with Crippen LogP contribution in [0, 0.1) is 11.3 Å². The van der Waals surface area contributed by atoms with Crippen LogP contribution < -0.4 is 5.73 Å². The van der Waals surface area contributed by atoms with E-state index in [0.29, 0.717) is 5.69 Å². The predicted octanol–water partition coefficient (Wildman–Crippen LogP) is 3.22. The standard InChI is InChI=1S/C15H12N2/c16-10-9-15(12-5-2-1-3-6-12)13-7-4-8-14(17)11-13/h1-9,11H,17H2. The molecule has 17 heavy (non-hydrogen) atoms. The fraction of sp³-hybridized carbons (Fsp3) is 0. The molecular weight excluding hydrogens is 208 g/mol. The predicted molar refractivity (Wildman–Crippen MR) is 70.0 cm³/mol. The van der Waals surface area contributed by atoms with Gasteiger partial charge >= 0.3 is 0 Å². The second kappa shape index (κ2) is 5.00. The van der Waals surface area contributed by atoms with Gasteiger partial charge in [0.05, 0.1) is 6.07 Å². The summed E-state index contributed by atoms with van der Waals surface area (Å²) in [5.41, 5.74) is 9.32. The number of nitrogens with two attached hydrogens (primary N) is 1. The molecule has 0 aromatic heterocycles. The first-order chi connectivity index (χ1) is 8.31. The maximum Gasteiger partial charge on any atom is 0.0918 e. The second-order valence-electron chi connectivity index (χ2n) is 3.68. The number of benzene rings is 2. The molecule has 2 heteroatoms. The zero-order chi connectivity index (χ0) is 12.1. The Balaban J connectivity index is 2.52. The molecule has 0 aliphatic heterocycles. The monoisotopic (exact) mass is 220 g/mol. The third-order valence-corrected chi connectivity index (χ3v) is 2.49. The van der Waals surface area contributed by atoms with Crippen LogP contribution in [0.1, 0.15) is 11.1 Å². The summed E-state index contributed by atoms with van der Waals surface area (Å²) in [5, 5.41) is 8.87. The number of anilines is 1. The van der Waals surface area contributed by atoms with Gasteiger partial charge in [-0.1, -0.05) is 42.5 Å². The Morgan fingerprint density at radius 3 is 2.35 bits per heavy atom. The van der Waals surface area contributed by atoms with Crippen molar-refractivity contribution in [1.29, 1.82) is 5.26 Å². The van der Waals surface area contributed by atoms with Gasteiger partial charge in [-0.05, 0) is 28.8 Å². The normalized spacial score (nSPS) is 10.9. The van der Waals surface area contributed by atoms with Gasteiger partial charge in [-0.15, -0.1) is 0 Å². The van der Waals surface area contributed by atoms with Gasteiger partial charge in [-0.2, -0.15) is 5.26 Å². The van der Waals surface area contributed by atoms with Crippen LogP contribution in [-0.4, -0.2) is 0 Å². The Hall–Kier alpha value is -2.53. The molecule has 2 aromatic rings. The van der Waals surface area contributed by atoms with E-state index in [-0.39, 0.29) is 0 Å². The summed E-state index contributed by atoms with van der Waals surface area (Å²) in [6.45, 7) is 0. The van der Waals surface area contributed by atoms with Crippen LogP contribution in [-0.2, 0) is 0 Å². The topological polar surface area (TPSA) is 49.8 Å². The second-order valence-corrected chi connectivity index (χ2v) is 3.68. The minimum atomic E-state index is 0.697. The van der Waals surface area contributed by atoms with Gasteiger partial charge in [0.2, 0.25) is 0 Å². The summed E-state index contributed by atoms with van der Waals surface area (Å²) in [6, 6.07) is 19.4. The summed E-state index contributed by atoms with van der Waals surface area (Å²) in [7, 11) is 0. The molecule has 2 nitrogen and oxygen atoms in total. The van der Waals surface area contributed by atoms with Crippen LogP contribution >= 0.6 is 0 Å². The Bertz CT molecular complexity index is 577. The first-order valence-corrected chi connectivity index (χ1v) is 5.32. The summed E-state index contributed by atoms with van der Waals surface area (Å²) in [5.74, 6) is 0. The fourth-order valence-corrected chi connectivity index (χ4v) is 1.72. The molecule has 0 fully saturated rings. The molecule has 0 saturated heterocycles. The van der Waals surface area contributed by atoms with Gasteiger partial charge in [0.25, 0.3) is 0 Å². The Kier molecular flexibility index (Phi) is 3.23. The van der Waals surface area contributed by atoms with E-state index in [1.165, 1.54) is 0 Å². The first kappa shape index (κ1) is 11.0. The molecule has 0 saturated carbocycles. The lowest BCUT2D eigenvalue weighted by Crippen LogP contribution is -1.90. The number of hydrogen-bond acceptors (Lipinski definition) is 2. The van der Waals surface area contributed by atoms with Gasteiger partial charge in [0.1, 0.15) is 0 Å². The molecule has 82 valence electrons. The van der Waals surface area contributed by atoms with Crippen LogP contribution in [0.25, 0.3) is 5.57 Å². The van der Waals surface area contributed by atoms with Crippen LogP contribution in [0.3, 0.4) is 0 Å². The van der Waals surface area contributed by atoms with Crippen LogP contribution in [0.5, 0.6) is 0 Å². The number of nitrogen functional groups attached to an aromatic ring is 1. The van der Waals surface area contributed by atoms with Crippen molar-refractivity contribution >= 4 is 11.3 Å². The van der Waals surface area contributed by atoms with Crippen molar-refractivity contribution in [2.75, 3.05) is 5.73 Å². The van der Waals surface area contributed by atoms with E-state index in [9.17, 15) is 0 Å². The molecule has 0 spiro atoms. The Morgan fingerprint density at radius 2 is 1.71 bits per heavy atom. The number of nitriles is 1. The third kappa shape index (κ3) is 2.53. The van der Waals surface area contributed by atoms with E-state index in [2.05, 4.69) is 6.07 Å². The number of hydrogen-bond donors (Lipinski definition) is 1. The van der Waals surface area contributed by atoms with Gasteiger partial charge in [-0.3, -0.25) is 0 Å². The zero-order valence-electron chi connectivity index (χ0n) is 9.30. The first-order valence-electron chi connectivity index (χ1n) is 5.32. The van der Waals surface area contributed by atoms with E-state index in [1.807, 2.05) is 54.6 Å². The van der Waals surface area contributed by atoms with Crippen molar-refractivity contribution in [2.24, 2.45) is 0 Å². The Labute approximate surface area is 101 Å². The highest BCUT2D eigenvalue weighted by Crippen LogP contribution is 2.24. The van der Waals surface area contributed by atoms with E-state index < -0.39 is 0 Å². The smallest absolute Gasteiger partial charge is 0.0918 e. The van der Waals surface area contributed by atoms with E-state index in [0.717, 1.165) is 16.7 Å². The summed E-state index contributed by atoms with van der Waals surface area (Å²) < 4.78 is 0. The molecule has 0 unspecified atom stereocenters. The fourth-order valence-electron chi connectivity index (χ4n) is 1.72. The molecule has 2 aromatic carbocycles. The van der Waals surface area contributed by atoms with Crippen molar-refractivity contribution in [3.8, 4) is 6.07 Å². The maximum atomic E-state index is 8.87. The summed E-state index contributed by atoms with van der Waals surface area (Å²) in [4.78, 5) is 0. The highest BCUT2D eigenvalue weighted by molar-refractivity contribution is 5.82. The van der Waals surface area contributed by atoms with Crippen molar-refractivity contribution in [3.63, 3.8) is 0 Å². The highest BCUT2D eigenvalue weighted by Gasteiger charge is 2.04. The van der Waals surface area contributed by atoms with Gasteiger partial charge in [-0.25, -0.2) is 0 Å². The average molecular weight is 220 g/mol. The van der Waals surface area contributed by atoms with Crippen molar-refractivity contribution < 1.29 is 0 Å². The molecule has 0 atom stereocenters. The molecule has 2 N–H and O–H groups in total. The quantitative estimate of drug-likeness (QED) is 0.624. The van der Waals surface area contributed by atoms with Gasteiger partial charge in [0.15, 0.2) is 0 Å².